The second-order valence-electron chi connectivity index (χ2n) is 4.21. The quantitative estimate of drug-likeness (QED) is 0.455. The van der Waals surface area contributed by atoms with Gasteiger partial charge in [-0.25, -0.2) is 8.42 Å². The second-order valence-corrected chi connectivity index (χ2v) is 7.15. The summed E-state index contributed by atoms with van der Waals surface area (Å²) in [6, 6.07) is 4.16. The first kappa shape index (κ1) is 17.0. The van der Waals surface area contributed by atoms with Crippen LogP contribution in [0.5, 0.6) is 0 Å². The molecular weight excluding hydrogens is 321 g/mol. The van der Waals surface area contributed by atoms with E-state index < -0.39 is 15.0 Å². The Kier molecular flexibility index (Phi) is 6.05. The van der Waals surface area contributed by atoms with E-state index in [-0.39, 0.29) is 15.5 Å². The number of rotatable bonds is 6. The van der Waals surface area contributed by atoms with Gasteiger partial charge in [-0.05, 0) is 25.0 Å². The van der Waals surface area contributed by atoms with Crippen LogP contribution in [0.1, 0.15) is 23.2 Å². The van der Waals surface area contributed by atoms with Crippen molar-refractivity contribution >= 4 is 37.2 Å². The average molecular weight is 336 g/mol. The molecular formula is C13H15Cl2NO3S. The van der Waals surface area contributed by atoms with Gasteiger partial charge in [-0.2, -0.15) is 0 Å². The first-order valence-corrected chi connectivity index (χ1v) is 8.57. The predicted molar refractivity (Wildman–Crippen MR) is 80.9 cm³/mol. The van der Waals surface area contributed by atoms with Gasteiger partial charge in [-0.15, -0.1) is 6.58 Å². The van der Waals surface area contributed by atoms with Gasteiger partial charge in [0, 0.05) is 24.3 Å². The molecule has 0 aliphatic rings. The first-order valence-electron chi connectivity index (χ1n) is 5.88. The van der Waals surface area contributed by atoms with Crippen LogP contribution in [0.2, 0.25) is 5.02 Å². The maximum absolute atomic E-state index is 12.3. The van der Waals surface area contributed by atoms with Crippen molar-refractivity contribution < 1.29 is 13.2 Å². The van der Waals surface area contributed by atoms with Crippen molar-refractivity contribution in [1.29, 1.82) is 0 Å². The zero-order valence-electron chi connectivity index (χ0n) is 11.0. The van der Waals surface area contributed by atoms with Crippen LogP contribution < -0.4 is 0 Å². The minimum absolute atomic E-state index is 0.0623. The molecule has 1 aromatic carbocycles. The Morgan fingerprint density at radius 2 is 2.10 bits per heavy atom. The Hall–Kier alpha value is -1.04. The molecule has 0 fully saturated rings. The summed E-state index contributed by atoms with van der Waals surface area (Å²) in [4.78, 5) is 13.5. The zero-order chi connectivity index (χ0) is 15.3. The molecule has 0 heterocycles. The Bertz CT molecular complexity index is 614. The molecule has 20 heavy (non-hydrogen) atoms. The highest BCUT2D eigenvalue weighted by Crippen LogP contribution is 2.27. The van der Waals surface area contributed by atoms with E-state index in [9.17, 15) is 13.2 Å². The molecule has 0 aliphatic carbocycles. The first-order chi connectivity index (χ1) is 9.29. The van der Waals surface area contributed by atoms with E-state index in [1.54, 1.807) is 13.1 Å². The van der Waals surface area contributed by atoms with E-state index in [4.69, 9.17) is 22.3 Å². The molecule has 0 bridgehead atoms. The molecule has 1 rings (SSSR count). The van der Waals surface area contributed by atoms with Gasteiger partial charge < -0.3 is 4.90 Å². The molecule has 0 saturated heterocycles. The van der Waals surface area contributed by atoms with Gasteiger partial charge in [-0.3, -0.25) is 4.79 Å². The van der Waals surface area contributed by atoms with Crippen molar-refractivity contribution in [2.75, 3.05) is 13.6 Å². The lowest BCUT2D eigenvalue weighted by Crippen LogP contribution is -2.29. The smallest absolute Gasteiger partial charge is 0.262 e. The second kappa shape index (κ2) is 7.11. The van der Waals surface area contributed by atoms with Crippen molar-refractivity contribution in [2.45, 2.75) is 17.7 Å². The van der Waals surface area contributed by atoms with E-state index in [1.807, 2.05) is 0 Å². The Balaban J connectivity index is 3.12. The van der Waals surface area contributed by atoms with Crippen molar-refractivity contribution in [3.05, 3.63) is 41.4 Å². The molecule has 0 radical (unpaired) electrons. The van der Waals surface area contributed by atoms with Crippen molar-refractivity contribution in [1.82, 2.24) is 4.90 Å². The number of allylic oxidation sites excluding steroid dienone is 1. The molecule has 0 aliphatic heterocycles. The van der Waals surface area contributed by atoms with Gasteiger partial charge in [0.05, 0.1) is 15.5 Å². The minimum Gasteiger partial charge on any atom is -0.342 e. The molecule has 1 aromatic rings. The number of nitrogens with zero attached hydrogens (tertiary/aromatic N) is 1. The van der Waals surface area contributed by atoms with Gasteiger partial charge in [0.2, 0.25) is 0 Å². The van der Waals surface area contributed by atoms with Gasteiger partial charge in [0.25, 0.3) is 15.0 Å². The van der Waals surface area contributed by atoms with Crippen LogP contribution in [0.25, 0.3) is 0 Å². The maximum Gasteiger partial charge on any atom is 0.262 e. The van der Waals surface area contributed by atoms with E-state index in [0.717, 1.165) is 12.8 Å². The molecule has 1 amide bonds. The molecule has 0 saturated carbocycles. The largest absolute Gasteiger partial charge is 0.342 e. The van der Waals surface area contributed by atoms with Crippen molar-refractivity contribution in [3.8, 4) is 0 Å². The summed E-state index contributed by atoms with van der Waals surface area (Å²) in [5.74, 6) is -0.473. The topological polar surface area (TPSA) is 54.5 Å². The molecule has 0 spiro atoms. The van der Waals surface area contributed by atoms with Gasteiger partial charge in [0.1, 0.15) is 0 Å². The average Bonchev–Trinajstić information content (AvgIpc) is 2.36. The zero-order valence-corrected chi connectivity index (χ0v) is 13.3. The van der Waals surface area contributed by atoms with Gasteiger partial charge >= 0.3 is 0 Å². The lowest BCUT2D eigenvalue weighted by molar-refractivity contribution is 0.0790. The summed E-state index contributed by atoms with van der Waals surface area (Å²) in [6.07, 6.45) is 3.25. The van der Waals surface area contributed by atoms with E-state index >= 15 is 0 Å². The molecule has 7 heteroatoms. The Labute approximate surface area is 128 Å². The third kappa shape index (κ3) is 4.23. The van der Waals surface area contributed by atoms with Crippen molar-refractivity contribution in [2.24, 2.45) is 0 Å². The van der Waals surface area contributed by atoms with Crippen LogP contribution in [0.3, 0.4) is 0 Å². The highest BCUT2D eigenvalue weighted by atomic mass is 35.7. The van der Waals surface area contributed by atoms with E-state index in [2.05, 4.69) is 6.58 Å². The minimum atomic E-state index is -4.04. The van der Waals surface area contributed by atoms with Crippen LogP contribution in [0.15, 0.2) is 35.7 Å². The van der Waals surface area contributed by atoms with Gasteiger partial charge in [-0.1, -0.05) is 23.7 Å². The maximum atomic E-state index is 12.3. The number of hydrogen-bond acceptors (Lipinski definition) is 3. The van der Waals surface area contributed by atoms with Crippen LogP contribution in [0.4, 0.5) is 0 Å². The highest BCUT2D eigenvalue weighted by molar-refractivity contribution is 8.13. The predicted octanol–water partition coefficient (Wildman–Crippen LogP) is 3.31. The summed E-state index contributed by atoms with van der Waals surface area (Å²) >= 11 is 5.95. The molecule has 110 valence electrons. The van der Waals surface area contributed by atoms with Crippen LogP contribution in [-0.4, -0.2) is 32.8 Å². The normalized spacial score (nSPS) is 11.2. The summed E-state index contributed by atoms with van der Waals surface area (Å²) < 4.78 is 23.0. The van der Waals surface area contributed by atoms with Crippen LogP contribution >= 0.6 is 22.3 Å². The molecule has 0 aromatic heterocycles. The number of unbranched alkanes of at least 4 members (excludes halogenated alkanes) is 1. The molecule has 0 unspecified atom stereocenters. The fourth-order valence-corrected chi connectivity index (χ4v) is 3.06. The van der Waals surface area contributed by atoms with E-state index in [0.29, 0.717) is 6.54 Å². The van der Waals surface area contributed by atoms with Crippen LogP contribution in [-0.2, 0) is 9.05 Å². The third-order valence-corrected chi connectivity index (χ3v) is 4.38. The molecule has 0 N–H and O–H groups in total. The highest BCUT2D eigenvalue weighted by Gasteiger charge is 2.25. The summed E-state index contributed by atoms with van der Waals surface area (Å²) in [6.45, 7) is 4.07. The Morgan fingerprint density at radius 3 is 2.65 bits per heavy atom. The number of hydrogen-bond donors (Lipinski definition) is 0. The number of carbonyl (C=O) groups excluding carboxylic acids is 1. The molecule has 0 atom stereocenters. The fraction of sp³-hybridized carbons (Fsp3) is 0.308. The van der Waals surface area contributed by atoms with Crippen LogP contribution in [0, 0.1) is 0 Å². The summed E-state index contributed by atoms with van der Waals surface area (Å²) in [5.41, 5.74) is -0.0923. The number of carbonyl (C=O) groups is 1. The van der Waals surface area contributed by atoms with Gasteiger partial charge in [0.15, 0.2) is 0 Å². The monoisotopic (exact) mass is 335 g/mol. The Morgan fingerprint density at radius 1 is 1.45 bits per heavy atom. The fourth-order valence-electron chi connectivity index (χ4n) is 1.68. The molecule has 4 nitrogen and oxygen atoms in total. The lowest BCUT2D eigenvalue weighted by Gasteiger charge is -2.18. The third-order valence-electron chi connectivity index (χ3n) is 2.70. The summed E-state index contributed by atoms with van der Waals surface area (Å²) in [5, 5.41) is 0.0623. The standard InChI is InChI=1S/C13H15Cl2NO3S/c1-3-4-5-9-16(2)13(17)12-10(14)7-6-8-11(12)20(15,18)19/h3,6-8H,1,4-5,9H2,2H3. The number of benzene rings is 1. The summed E-state index contributed by atoms with van der Waals surface area (Å²) in [7, 11) is 2.89. The SMILES string of the molecule is C=CCCCN(C)C(=O)c1c(Cl)cccc1S(=O)(=O)Cl. The number of amides is 1. The van der Waals surface area contributed by atoms with E-state index in [1.165, 1.54) is 23.1 Å². The lowest BCUT2D eigenvalue weighted by atomic mass is 10.2. The number of halogens is 2. The van der Waals surface area contributed by atoms with Crippen molar-refractivity contribution in [3.63, 3.8) is 0 Å².